The van der Waals surface area contributed by atoms with Gasteiger partial charge in [0.15, 0.2) is 0 Å². The molecule has 0 atom stereocenters. The van der Waals surface area contributed by atoms with E-state index < -0.39 is 0 Å². The van der Waals surface area contributed by atoms with Crippen LogP contribution in [0.15, 0.2) is 60.3 Å². The van der Waals surface area contributed by atoms with Gasteiger partial charge in [-0.15, -0.1) is 0 Å². The van der Waals surface area contributed by atoms with Crippen molar-refractivity contribution in [1.29, 1.82) is 0 Å². The lowest BCUT2D eigenvalue weighted by Gasteiger charge is -2.09. The molecule has 2 aromatic carbocycles. The summed E-state index contributed by atoms with van der Waals surface area (Å²) in [5.41, 5.74) is 5.58. The Morgan fingerprint density at radius 3 is 2.62 bits per heavy atom. The molecule has 120 valence electrons. The summed E-state index contributed by atoms with van der Waals surface area (Å²) in [6.45, 7) is 6.07. The van der Waals surface area contributed by atoms with Crippen LogP contribution < -0.4 is 5.32 Å². The lowest BCUT2D eigenvalue weighted by atomic mass is 10.0. The molecule has 0 spiro atoms. The first-order valence-corrected chi connectivity index (χ1v) is 7.94. The molecule has 0 bridgehead atoms. The molecule has 0 fully saturated rings. The number of aryl methyl sites for hydroxylation is 1. The van der Waals surface area contributed by atoms with E-state index >= 15 is 0 Å². The van der Waals surface area contributed by atoms with Gasteiger partial charge < -0.3 is 5.32 Å². The maximum absolute atomic E-state index is 12.6. The lowest BCUT2D eigenvalue weighted by molar-refractivity contribution is 0.102. The molecule has 3 nitrogen and oxygen atoms in total. The van der Waals surface area contributed by atoms with Gasteiger partial charge in [0, 0.05) is 10.9 Å². The highest BCUT2D eigenvalue weighted by Crippen LogP contribution is 2.19. The van der Waals surface area contributed by atoms with Crippen molar-refractivity contribution in [3.63, 3.8) is 0 Å². The van der Waals surface area contributed by atoms with E-state index in [0.717, 1.165) is 22.0 Å². The van der Waals surface area contributed by atoms with E-state index in [1.165, 1.54) is 5.57 Å². The number of para-hydroxylation sites is 1. The number of anilines is 1. The molecule has 0 aliphatic rings. The van der Waals surface area contributed by atoms with E-state index in [9.17, 15) is 4.79 Å². The number of rotatable bonds is 3. The monoisotopic (exact) mass is 316 g/mol. The fraction of sp³-hybridized carbons (Fsp3) is 0.143. The molecule has 3 aromatic rings. The molecule has 0 radical (unpaired) electrons. The van der Waals surface area contributed by atoms with Crippen LogP contribution in [0.4, 0.5) is 5.69 Å². The molecule has 1 heterocycles. The van der Waals surface area contributed by atoms with Gasteiger partial charge in [-0.25, -0.2) is 0 Å². The first-order valence-electron chi connectivity index (χ1n) is 7.94. The number of pyridine rings is 1. The first-order chi connectivity index (χ1) is 11.5. The number of amides is 1. The Bertz CT molecular complexity index is 937. The van der Waals surface area contributed by atoms with Crippen molar-refractivity contribution >= 4 is 28.6 Å². The first kappa shape index (κ1) is 15.9. The molecule has 0 aliphatic heterocycles. The number of carbonyl (C=O) groups excluding carboxylic acids is 1. The second-order valence-electron chi connectivity index (χ2n) is 6.17. The normalized spacial score (nSPS) is 10.5. The summed E-state index contributed by atoms with van der Waals surface area (Å²) >= 11 is 0. The number of benzene rings is 2. The number of allylic oxidation sites excluding steroid dienone is 1. The lowest BCUT2D eigenvalue weighted by Crippen LogP contribution is -2.13. The molecular weight excluding hydrogens is 296 g/mol. The summed E-state index contributed by atoms with van der Waals surface area (Å²) in [5.74, 6) is -0.117. The Morgan fingerprint density at radius 2 is 1.88 bits per heavy atom. The van der Waals surface area contributed by atoms with Crippen LogP contribution in [0.5, 0.6) is 0 Å². The molecule has 1 amide bonds. The van der Waals surface area contributed by atoms with Gasteiger partial charge in [0.05, 0.1) is 17.4 Å². The summed E-state index contributed by atoms with van der Waals surface area (Å²) < 4.78 is 0. The van der Waals surface area contributed by atoms with Crippen LogP contribution in [0.3, 0.4) is 0 Å². The van der Waals surface area contributed by atoms with E-state index in [2.05, 4.69) is 30.2 Å². The quantitative estimate of drug-likeness (QED) is 0.720. The molecule has 0 saturated carbocycles. The Hall–Kier alpha value is -2.94. The number of hydrogen-bond acceptors (Lipinski definition) is 2. The molecular formula is C21H20N2O. The topological polar surface area (TPSA) is 42.0 Å². The third-order valence-electron chi connectivity index (χ3n) is 3.80. The number of hydrogen-bond donors (Lipinski definition) is 1. The number of aromatic nitrogens is 1. The van der Waals surface area contributed by atoms with Gasteiger partial charge in [0.25, 0.3) is 5.91 Å². The van der Waals surface area contributed by atoms with E-state index in [1.807, 2.05) is 55.5 Å². The minimum Gasteiger partial charge on any atom is -0.321 e. The van der Waals surface area contributed by atoms with Crippen LogP contribution in [0, 0.1) is 6.92 Å². The van der Waals surface area contributed by atoms with Crippen LogP contribution >= 0.6 is 0 Å². The van der Waals surface area contributed by atoms with Crippen molar-refractivity contribution < 1.29 is 4.79 Å². The summed E-state index contributed by atoms with van der Waals surface area (Å²) in [5, 5.41) is 3.94. The molecule has 1 aromatic heterocycles. The molecule has 0 unspecified atom stereocenters. The van der Waals surface area contributed by atoms with Crippen molar-refractivity contribution in [2.75, 3.05) is 5.32 Å². The fourth-order valence-corrected chi connectivity index (χ4v) is 2.70. The highest BCUT2D eigenvalue weighted by Gasteiger charge is 2.10. The maximum Gasteiger partial charge on any atom is 0.255 e. The summed E-state index contributed by atoms with van der Waals surface area (Å²) in [6.07, 6.45) is 3.79. The summed E-state index contributed by atoms with van der Waals surface area (Å²) in [7, 11) is 0. The van der Waals surface area contributed by atoms with Crippen LogP contribution in [0.25, 0.3) is 17.0 Å². The summed E-state index contributed by atoms with van der Waals surface area (Å²) in [6, 6.07) is 15.6. The van der Waals surface area contributed by atoms with Gasteiger partial charge in [-0.1, -0.05) is 42.0 Å². The number of fused-ring (bicyclic) bond motifs is 1. The second kappa shape index (κ2) is 6.67. The molecule has 1 N–H and O–H groups in total. The number of nitrogens with zero attached hydrogens (tertiary/aromatic N) is 1. The second-order valence-corrected chi connectivity index (χ2v) is 6.17. The average molecular weight is 316 g/mol. The zero-order chi connectivity index (χ0) is 17.1. The van der Waals surface area contributed by atoms with Gasteiger partial charge in [-0.2, -0.15) is 0 Å². The van der Waals surface area contributed by atoms with Crippen LogP contribution in [0.2, 0.25) is 0 Å². The SMILES string of the molecule is CC(C)=Cc1ccc(C(=O)Nc2cnc3ccccc3c2)c(C)c1. The van der Waals surface area contributed by atoms with Crippen molar-refractivity contribution in [3.05, 3.63) is 77.0 Å². The standard InChI is InChI=1S/C21H20N2O/c1-14(2)10-16-8-9-19(15(3)11-16)21(24)23-18-12-17-6-4-5-7-20(17)22-13-18/h4-13H,1-3H3,(H,23,24). The molecule has 0 aliphatic carbocycles. The number of carbonyl (C=O) groups is 1. The molecule has 3 heteroatoms. The van der Waals surface area contributed by atoms with Gasteiger partial charge in [-0.05, 0) is 50.1 Å². The Kier molecular flexibility index (Phi) is 4.43. The highest BCUT2D eigenvalue weighted by atomic mass is 16.1. The minimum absolute atomic E-state index is 0.117. The molecule has 0 saturated heterocycles. The van der Waals surface area contributed by atoms with Crippen LogP contribution in [-0.2, 0) is 0 Å². The minimum atomic E-state index is -0.117. The van der Waals surface area contributed by atoms with Crippen molar-refractivity contribution in [2.45, 2.75) is 20.8 Å². The zero-order valence-electron chi connectivity index (χ0n) is 14.1. The third kappa shape index (κ3) is 3.51. The predicted molar refractivity (Wildman–Crippen MR) is 100 cm³/mol. The molecule has 3 rings (SSSR count). The van der Waals surface area contributed by atoms with E-state index in [0.29, 0.717) is 11.3 Å². The van der Waals surface area contributed by atoms with Crippen LogP contribution in [-0.4, -0.2) is 10.9 Å². The van der Waals surface area contributed by atoms with Gasteiger partial charge in [-0.3, -0.25) is 9.78 Å². The van der Waals surface area contributed by atoms with Crippen molar-refractivity contribution in [3.8, 4) is 0 Å². The molecule has 24 heavy (non-hydrogen) atoms. The van der Waals surface area contributed by atoms with E-state index in [4.69, 9.17) is 0 Å². The largest absolute Gasteiger partial charge is 0.321 e. The van der Waals surface area contributed by atoms with Gasteiger partial charge in [0.1, 0.15) is 0 Å². The van der Waals surface area contributed by atoms with Crippen molar-refractivity contribution in [2.24, 2.45) is 0 Å². The van der Waals surface area contributed by atoms with Crippen molar-refractivity contribution in [1.82, 2.24) is 4.98 Å². The zero-order valence-corrected chi connectivity index (χ0v) is 14.1. The van der Waals surface area contributed by atoms with Crippen LogP contribution in [0.1, 0.15) is 35.3 Å². The fourth-order valence-electron chi connectivity index (χ4n) is 2.70. The Balaban J connectivity index is 1.84. The Labute approximate surface area is 142 Å². The van der Waals surface area contributed by atoms with E-state index in [-0.39, 0.29) is 5.91 Å². The Morgan fingerprint density at radius 1 is 1.08 bits per heavy atom. The number of nitrogens with one attached hydrogen (secondary N) is 1. The van der Waals surface area contributed by atoms with E-state index in [1.54, 1.807) is 6.20 Å². The third-order valence-corrected chi connectivity index (χ3v) is 3.80. The smallest absolute Gasteiger partial charge is 0.255 e. The predicted octanol–water partition coefficient (Wildman–Crippen LogP) is 5.22. The summed E-state index contributed by atoms with van der Waals surface area (Å²) in [4.78, 5) is 16.9. The highest BCUT2D eigenvalue weighted by molar-refractivity contribution is 6.06. The maximum atomic E-state index is 12.6. The average Bonchev–Trinajstić information content (AvgIpc) is 2.54. The van der Waals surface area contributed by atoms with Gasteiger partial charge in [0.2, 0.25) is 0 Å². The van der Waals surface area contributed by atoms with Gasteiger partial charge >= 0.3 is 0 Å².